The van der Waals surface area contributed by atoms with Crippen molar-refractivity contribution in [2.24, 2.45) is 0 Å². The first kappa shape index (κ1) is 25.5. The minimum absolute atomic E-state index is 0.0100. The van der Waals surface area contributed by atoms with Crippen LogP contribution in [0.15, 0.2) is 46.1 Å². The Morgan fingerprint density at radius 2 is 1.91 bits per heavy atom. The van der Waals surface area contributed by atoms with E-state index in [1.807, 2.05) is 4.98 Å². The Hall–Kier alpha value is -2.71. The van der Waals surface area contributed by atoms with E-state index in [1.54, 1.807) is 0 Å². The Kier molecular flexibility index (Phi) is 8.20. The van der Waals surface area contributed by atoms with Gasteiger partial charge in [-0.25, -0.2) is 17.9 Å². The van der Waals surface area contributed by atoms with E-state index in [4.69, 9.17) is 4.74 Å². The molecule has 0 fully saturated rings. The molecule has 0 saturated heterocycles. The number of H-pyrrole nitrogens is 1. The van der Waals surface area contributed by atoms with Crippen molar-refractivity contribution in [1.82, 2.24) is 14.3 Å². The lowest BCUT2D eigenvalue weighted by atomic mass is 10.1. The number of hydrogen-bond donors (Lipinski definition) is 2. The molecule has 1 aromatic heterocycles. The number of sulfonamides is 1. The van der Waals surface area contributed by atoms with Crippen LogP contribution in [-0.2, 0) is 21.5 Å². The molecule has 0 aliphatic carbocycles. The van der Waals surface area contributed by atoms with Gasteiger partial charge in [-0.1, -0.05) is 19.1 Å². The fourth-order valence-electron chi connectivity index (χ4n) is 2.58. The third kappa shape index (κ3) is 6.64. The van der Waals surface area contributed by atoms with Gasteiger partial charge in [0, 0.05) is 18.3 Å². The van der Waals surface area contributed by atoms with Crippen LogP contribution in [0.5, 0.6) is 5.75 Å². The Morgan fingerprint density at radius 1 is 1.22 bits per heavy atom. The first-order chi connectivity index (χ1) is 14.9. The second-order valence-electron chi connectivity index (χ2n) is 6.64. The molecular formula is C18H21F4N3O6S. The summed E-state index contributed by atoms with van der Waals surface area (Å²) in [5, 5.41) is 0. The van der Waals surface area contributed by atoms with Gasteiger partial charge in [-0.2, -0.15) is 17.6 Å². The predicted octanol–water partition coefficient (Wildman–Crippen LogP) is 2.16. The Bertz CT molecular complexity index is 1140. The van der Waals surface area contributed by atoms with E-state index in [9.17, 15) is 35.6 Å². The molecule has 0 saturated carbocycles. The summed E-state index contributed by atoms with van der Waals surface area (Å²) in [5.74, 6) is -0.570. The van der Waals surface area contributed by atoms with Crippen molar-refractivity contribution in [3.8, 4) is 5.75 Å². The van der Waals surface area contributed by atoms with Gasteiger partial charge in [0.25, 0.3) is 5.56 Å². The molecule has 2 aromatic rings. The number of ether oxygens (including phenoxy) is 2. The summed E-state index contributed by atoms with van der Waals surface area (Å²) in [6.45, 7) is 2.46. The fourth-order valence-corrected chi connectivity index (χ4v) is 4.04. The van der Waals surface area contributed by atoms with Gasteiger partial charge in [0.15, 0.2) is 5.44 Å². The lowest BCUT2D eigenvalue weighted by Crippen LogP contribution is -2.39. The summed E-state index contributed by atoms with van der Waals surface area (Å²) in [6, 6.07) is 4.77. The Balaban J connectivity index is 2.11. The number of alkyl halides is 4. The van der Waals surface area contributed by atoms with Crippen molar-refractivity contribution in [2.45, 2.75) is 51.0 Å². The van der Waals surface area contributed by atoms with Crippen molar-refractivity contribution < 1.29 is 35.5 Å². The van der Waals surface area contributed by atoms with Gasteiger partial charge >= 0.3 is 18.2 Å². The quantitative estimate of drug-likeness (QED) is 0.473. The zero-order chi connectivity index (χ0) is 24.1. The topological polar surface area (TPSA) is 119 Å². The van der Waals surface area contributed by atoms with Crippen LogP contribution in [-0.4, -0.2) is 35.9 Å². The Morgan fingerprint density at radius 3 is 2.50 bits per heavy atom. The molecule has 2 unspecified atom stereocenters. The average Bonchev–Trinajstić information content (AvgIpc) is 2.69. The number of halogens is 4. The summed E-state index contributed by atoms with van der Waals surface area (Å²) in [6.07, 6.45) is -7.62. The maximum absolute atomic E-state index is 13.1. The molecule has 0 amide bonds. The standard InChI is InChI=1S/C18H21F4N3O6S/c1-3-15(30-10-25-8-7-14(26)23-17(25)27)32(28,29)24-11(2)12-5-4-6-13(9-12)31-18(21,22)16(19)20/h4-9,11,15-16,24H,3,10H2,1-2H3,(H,23,26,27). The Labute approximate surface area is 180 Å². The van der Waals surface area contributed by atoms with Crippen molar-refractivity contribution >= 4 is 10.0 Å². The molecule has 178 valence electrons. The van der Waals surface area contributed by atoms with E-state index in [0.29, 0.717) is 0 Å². The van der Waals surface area contributed by atoms with Gasteiger partial charge in [0.05, 0.1) is 0 Å². The molecule has 2 atom stereocenters. The van der Waals surface area contributed by atoms with Crippen LogP contribution in [0.2, 0.25) is 0 Å². The maximum Gasteiger partial charge on any atom is 0.461 e. The number of hydrogen-bond acceptors (Lipinski definition) is 6. The molecule has 2 rings (SSSR count). The second kappa shape index (κ2) is 10.3. The molecular weight excluding hydrogens is 462 g/mol. The third-order valence-corrected chi connectivity index (χ3v) is 6.03. The normalized spacial score (nSPS) is 14.3. The minimum atomic E-state index is -4.71. The summed E-state index contributed by atoms with van der Waals surface area (Å²) in [5.41, 5.74) is -2.64. The van der Waals surface area contributed by atoms with E-state index in [2.05, 4.69) is 9.46 Å². The van der Waals surface area contributed by atoms with Crippen LogP contribution in [0.3, 0.4) is 0 Å². The fraction of sp³-hybridized carbons (Fsp3) is 0.444. The number of rotatable bonds is 11. The number of aromatic nitrogens is 2. The molecule has 0 aliphatic rings. The smallest absolute Gasteiger partial charge is 0.428 e. The van der Waals surface area contributed by atoms with Gasteiger partial charge in [-0.05, 0) is 31.0 Å². The minimum Gasteiger partial charge on any atom is -0.428 e. The molecule has 0 aliphatic heterocycles. The molecule has 2 N–H and O–H groups in total. The van der Waals surface area contributed by atoms with Crippen molar-refractivity contribution in [3.05, 3.63) is 62.9 Å². The van der Waals surface area contributed by atoms with E-state index in [-0.39, 0.29) is 12.0 Å². The number of nitrogens with one attached hydrogen (secondary N) is 2. The van der Waals surface area contributed by atoms with Crippen LogP contribution < -0.4 is 20.7 Å². The number of benzene rings is 1. The highest BCUT2D eigenvalue weighted by molar-refractivity contribution is 7.89. The molecule has 0 bridgehead atoms. The van der Waals surface area contributed by atoms with Crippen LogP contribution in [0.25, 0.3) is 0 Å². The molecule has 14 heteroatoms. The predicted molar refractivity (Wildman–Crippen MR) is 105 cm³/mol. The lowest BCUT2D eigenvalue weighted by Gasteiger charge is -2.22. The van der Waals surface area contributed by atoms with Crippen LogP contribution >= 0.6 is 0 Å². The zero-order valence-electron chi connectivity index (χ0n) is 16.9. The van der Waals surface area contributed by atoms with Gasteiger partial charge < -0.3 is 9.47 Å². The molecule has 32 heavy (non-hydrogen) atoms. The highest BCUT2D eigenvalue weighted by Crippen LogP contribution is 2.29. The third-order valence-electron chi connectivity index (χ3n) is 4.18. The first-order valence-corrected chi connectivity index (χ1v) is 10.8. The van der Waals surface area contributed by atoms with E-state index in [0.717, 1.165) is 29.0 Å². The van der Waals surface area contributed by atoms with Gasteiger partial charge in [0.1, 0.15) is 12.5 Å². The van der Waals surface area contributed by atoms with E-state index in [1.165, 1.54) is 26.0 Å². The molecule has 0 spiro atoms. The largest absolute Gasteiger partial charge is 0.461 e. The highest BCUT2D eigenvalue weighted by atomic mass is 32.2. The van der Waals surface area contributed by atoms with Crippen molar-refractivity contribution in [1.29, 1.82) is 0 Å². The molecule has 1 aromatic carbocycles. The molecule has 1 heterocycles. The van der Waals surface area contributed by atoms with Crippen LogP contribution in [0.4, 0.5) is 17.6 Å². The van der Waals surface area contributed by atoms with Crippen LogP contribution in [0.1, 0.15) is 31.9 Å². The van der Waals surface area contributed by atoms with E-state index >= 15 is 0 Å². The van der Waals surface area contributed by atoms with Crippen molar-refractivity contribution in [3.63, 3.8) is 0 Å². The summed E-state index contributed by atoms with van der Waals surface area (Å²) in [7, 11) is -4.14. The second-order valence-corrected chi connectivity index (χ2v) is 8.49. The van der Waals surface area contributed by atoms with Gasteiger partial charge in [-0.15, -0.1) is 0 Å². The van der Waals surface area contributed by atoms with E-state index < -0.39 is 57.8 Å². The number of nitrogens with zero attached hydrogens (tertiary/aromatic N) is 1. The monoisotopic (exact) mass is 483 g/mol. The molecule has 0 radical (unpaired) electrons. The van der Waals surface area contributed by atoms with Gasteiger partial charge in [0.2, 0.25) is 10.0 Å². The number of aromatic amines is 1. The lowest BCUT2D eigenvalue weighted by molar-refractivity contribution is -0.253. The summed E-state index contributed by atoms with van der Waals surface area (Å²) < 4.78 is 88.8. The highest BCUT2D eigenvalue weighted by Gasteiger charge is 2.44. The van der Waals surface area contributed by atoms with Crippen molar-refractivity contribution in [2.75, 3.05) is 0 Å². The maximum atomic E-state index is 13.1. The summed E-state index contributed by atoms with van der Waals surface area (Å²) in [4.78, 5) is 24.8. The zero-order valence-corrected chi connectivity index (χ0v) is 17.7. The molecule has 9 nitrogen and oxygen atoms in total. The van der Waals surface area contributed by atoms with Crippen LogP contribution in [0, 0.1) is 0 Å². The SMILES string of the molecule is CCC(OCn1ccc(=O)[nH]c1=O)S(=O)(=O)NC(C)c1cccc(OC(F)(F)C(F)F)c1. The average molecular weight is 483 g/mol. The first-order valence-electron chi connectivity index (χ1n) is 9.23. The van der Waals surface area contributed by atoms with Gasteiger partial charge in [-0.3, -0.25) is 14.3 Å². The summed E-state index contributed by atoms with van der Waals surface area (Å²) >= 11 is 0.